The molecule has 2 aliphatic heterocycles. The summed E-state index contributed by atoms with van der Waals surface area (Å²) in [6.45, 7) is 2.98. The molecule has 0 N–H and O–H groups in total. The second-order valence-corrected chi connectivity index (χ2v) is 7.62. The van der Waals surface area contributed by atoms with E-state index in [1.807, 2.05) is 36.4 Å². The summed E-state index contributed by atoms with van der Waals surface area (Å²) in [5.74, 6) is 0.819. The maximum atomic E-state index is 13.0. The number of rotatable bonds is 5. The number of amides is 1. The Morgan fingerprint density at radius 2 is 1.93 bits per heavy atom. The van der Waals surface area contributed by atoms with Crippen molar-refractivity contribution >= 4 is 23.2 Å². The Bertz CT molecular complexity index is 795. The molecule has 6 heteroatoms. The van der Waals surface area contributed by atoms with E-state index >= 15 is 0 Å². The van der Waals surface area contributed by atoms with Crippen LogP contribution in [-0.4, -0.2) is 41.2 Å². The van der Waals surface area contributed by atoms with Crippen LogP contribution in [0.4, 0.5) is 0 Å². The fraction of sp³-hybridized carbons (Fsp3) is 0.429. The number of hydrazone groups is 1. The molecule has 0 unspecified atom stereocenters. The Morgan fingerprint density at radius 3 is 2.63 bits per heavy atom. The standard InChI is InChI=1S/C21H24ClN3O2/c22-17-8-6-16(7-9-17)18-15-19(20-5-4-14-27-20)25(23-18)21(26)10-13-24-11-2-1-3-12-24/h4-9,14,19H,1-3,10-13,15H2/t19-/m0/s1. The number of likely N-dealkylation sites (tertiary alicyclic amines) is 1. The van der Waals surface area contributed by atoms with Crippen LogP contribution in [0.5, 0.6) is 0 Å². The Morgan fingerprint density at radius 1 is 1.15 bits per heavy atom. The third kappa shape index (κ3) is 4.25. The van der Waals surface area contributed by atoms with Crippen molar-refractivity contribution in [2.75, 3.05) is 19.6 Å². The number of hydrogen-bond acceptors (Lipinski definition) is 4. The van der Waals surface area contributed by atoms with Crippen molar-refractivity contribution in [1.29, 1.82) is 0 Å². The van der Waals surface area contributed by atoms with Crippen LogP contribution in [0, 0.1) is 0 Å². The summed E-state index contributed by atoms with van der Waals surface area (Å²) in [6.07, 6.45) is 6.52. The zero-order chi connectivity index (χ0) is 18.6. The monoisotopic (exact) mass is 385 g/mol. The van der Waals surface area contributed by atoms with Crippen molar-refractivity contribution in [3.05, 3.63) is 59.0 Å². The predicted molar refractivity (Wildman–Crippen MR) is 106 cm³/mol. The summed E-state index contributed by atoms with van der Waals surface area (Å²) in [6, 6.07) is 11.2. The van der Waals surface area contributed by atoms with Crippen LogP contribution in [0.1, 0.15) is 49.5 Å². The normalized spacial score (nSPS) is 20.7. The highest BCUT2D eigenvalue weighted by Crippen LogP contribution is 2.33. The quantitative estimate of drug-likeness (QED) is 0.762. The number of piperidine rings is 1. The third-order valence-electron chi connectivity index (χ3n) is 5.31. The topological polar surface area (TPSA) is 49.1 Å². The van der Waals surface area contributed by atoms with Crippen molar-refractivity contribution in [3.63, 3.8) is 0 Å². The smallest absolute Gasteiger partial charge is 0.244 e. The molecule has 142 valence electrons. The van der Waals surface area contributed by atoms with E-state index in [4.69, 9.17) is 16.0 Å². The molecule has 27 heavy (non-hydrogen) atoms. The van der Waals surface area contributed by atoms with Gasteiger partial charge in [-0.2, -0.15) is 5.10 Å². The first-order chi connectivity index (χ1) is 13.2. The van der Waals surface area contributed by atoms with Gasteiger partial charge in [0.2, 0.25) is 5.91 Å². The van der Waals surface area contributed by atoms with Crippen LogP contribution in [0.25, 0.3) is 0 Å². The Kier molecular flexibility index (Phi) is 5.60. The molecule has 0 radical (unpaired) electrons. The number of carbonyl (C=O) groups excluding carboxylic acids is 1. The van der Waals surface area contributed by atoms with E-state index in [9.17, 15) is 4.79 Å². The molecule has 1 amide bonds. The van der Waals surface area contributed by atoms with Gasteiger partial charge in [0.05, 0.1) is 12.0 Å². The molecule has 1 fully saturated rings. The van der Waals surface area contributed by atoms with Crippen molar-refractivity contribution in [2.45, 2.75) is 38.1 Å². The van der Waals surface area contributed by atoms with Crippen LogP contribution in [0.3, 0.4) is 0 Å². The Balaban J connectivity index is 1.50. The summed E-state index contributed by atoms with van der Waals surface area (Å²) in [5, 5.41) is 6.97. The first-order valence-corrected chi connectivity index (χ1v) is 10.00. The molecule has 2 aromatic rings. The van der Waals surface area contributed by atoms with E-state index in [0.29, 0.717) is 17.9 Å². The predicted octanol–water partition coefficient (Wildman–Crippen LogP) is 4.49. The van der Waals surface area contributed by atoms with E-state index in [2.05, 4.69) is 10.0 Å². The Labute approximate surface area is 164 Å². The van der Waals surface area contributed by atoms with Crippen molar-refractivity contribution in [3.8, 4) is 0 Å². The zero-order valence-electron chi connectivity index (χ0n) is 15.3. The lowest BCUT2D eigenvalue weighted by atomic mass is 10.0. The molecule has 1 atom stereocenters. The van der Waals surface area contributed by atoms with Crippen molar-refractivity contribution in [1.82, 2.24) is 9.91 Å². The van der Waals surface area contributed by atoms with Gasteiger partial charge in [-0.1, -0.05) is 30.2 Å². The van der Waals surface area contributed by atoms with Gasteiger partial charge in [0.25, 0.3) is 0 Å². The van der Waals surface area contributed by atoms with Gasteiger partial charge < -0.3 is 9.32 Å². The molecule has 1 aromatic carbocycles. The van der Waals surface area contributed by atoms with Crippen LogP contribution < -0.4 is 0 Å². The zero-order valence-corrected chi connectivity index (χ0v) is 16.1. The number of furan rings is 1. The average Bonchev–Trinajstić information content (AvgIpc) is 3.37. The molecule has 2 aliphatic rings. The van der Waals surface area contributed by atoms with Crippen LogP contribution >= 0.6 is 11.6 Å². The molecule has 0 aliphatic carbocycles. The van der Waals surface area contributed by atoms with Gasteiger partial charge in [-0.3, -0.25) is 4.79 Å². The molecule has 5 nitrogen and oxygen atoms in total. The highest BCUT2D eigenvalue weighted by molar-refractivity contribution is 6.30. The third-order valence-corrected chi connectivity index (χ3v) is 5.56. The van der Waals surface area contributed by atoms with Gasteiger partial charge in [-0.05, 0) is 55.8 Å². The van der Waals surface area contributed by atoms with Gasteiger partial charge in [-0.25, -0.2) is 5.01 Å². The van der Waals surface area contributed by atoms with Gasteiger partial charge in [0.1, 0.15) is 11.8 Å². The minimum absolute atomic E-state index is 0.0472. The molecule has 4 rings (SSSR count). The second kappa shape index (κ2) is 8.28. The molecular weight excluding hydrogens is 362 g/mol. The molecular formula is C21H24ClN3O2. The first kappa shape index (κ1) is 18.3. The molecule has 0 bridgehead atoms. The number of benzene rings is 1. The molecule has 1 aromatic heterocycles. The van der Waals surface area contributed by atoms with Crippen LogP contribution in [0.2, 0.25) is 5.02 Å². The minimum Gasteiger partial charge on any atom is -0.467 e. The molecule has 0 saturated carbocycles. The van der Waals surface area contributed by atoms with Gasteiger partial charge in [0.15, 0.2) is 0 Å². The largest absolute Gasteiger partial charge is 0.467 e. The van der Waals surface area contributed by atoms with E-state index < -0.39 is 0 Å². The lowest BCUT2D eigenvalue weighted by molar-refractivity contribution is -0.133. The van der Waals surface area contributed by atoms with Gasteiger partial charge >= 0.3 is 0 Å². The van der Waals surface area contributed by atoms with Crippen LogP contribution in [-0.2, 0) is 4.79 Å². The Hall–Kier alpha value is -2.11. The van der Waals surface area contributed by atoms with E-state index in [-0.39, 0.29) is 11.9 Å². The van der Waals surface area contributed by atoms with Crippen molar-refractivity contribution in [2.24, 2.45) is 5.10 Å². The summed E-state index contributed by atoms with van der Waals surface area (Å²) in [7, 11) is 0. The number of carbonyl (C=O) groups is 1. The number of halogens is 1. The van der Waals surface area contributed by atoms with Gasteiger partial charge in [0, 0.05) is 24.4 Å². The molecule has 0 spiro atoms. The summed E-state index contributed by atoms with van der Waals surface area (Å²) >= 11 is 6.00. The van der Waals surface area contributed by atoms with Gasteiger partial charge in [-0.15, -0.1) is 0 Å². The summed E-state index contributed by atoms with van der Waals surface area (Å²) in [5.41, 5.74) is 1.88. The fourth-order valence-corrected chi connectivity index (χ4v) is 3.94. The summed E-state index contributed by atoms with van der Waals surface area (Å²) < 4.78 is 5.60. The van der Waals surface area contributed by atoms with Crippen LogP contribution in [0.15, 0.2) is 52.2 Å². The van der Waals surface area contributed by atoms with E-state index in [1.54, 1.807) is 11.3 Å². The average molecular weight is 386 g/mol. The molecule has 1 saturated heterocycles. The highest BCUT2D eigenvalue weighted by Gasteiger charge is 2.34. The number of hydrogen-bond donors (Lipinski definition) is 0. The van der Waals surface area contributed by atoms with Crippen molar-refractivity contribution < 1.29 is 9.21 Å². The van der Waals surface area contributed by atoms with E-state index in [0.717, 1.165) is 36.7 Å². The maximum Gasteiger partial charge on any atom is 0.244 e. The number of nitrogens with zero attached hydrogens (tertiary/aromatic N) is 3. The SMILES string of the molecule is O=C(CCN1CCCCC1)N1N=C(c2ccc(Cl)cc2)C[C@H]1c1ccco1. The second-order valence-electron chi connectivity index (χ2n) is 7.18. The molecule has 3 heterocycles. The van der Waals surface area contributed by atoms with E-state index in [1.165, 1.54) is 19.3 Å². The minimum atomic E-state index is -0.181. The first-order valence-electron chi connectivity index (χ1n) is 9.62. The highest BCUT2D eigenvalue weighted by atomic mass is 35.5. The fourth-order valence-electron chi connectivity index (χ4n) is 3.81. The lowest BCUT2D eigenvalue weighted by Crippen LogP contribution is -2.34. The summed E-state index contributed by atoms with van der Waals surface area (Å²) in [4.78, 5) is 15.3. The maximum absolute atomic E-state index is 13.0. The lowest BCUT2D eigenvalue weighted by Gasteiger charge is -2.27.